The van der Waals surface area contributed by atoms with Crippen molar-refractivity contribution in [3.05, 3.63) is 29.3 Å². The molecule has 0 unspecified atom stereocenters. The van der Waals surface area contributed by atoms with Crippen molar-refractivity contribution in [2.75, 3.05) is 46.1 Å². The molecule has 1 aromatic carbocycles. The molecule has 0 amide bonds. The van der Waals surface area contributed by atoms with Gasteiger partial charge in [0.15, 0.2) is 0 Å². The Kier molecular flexibility index (Phi) is 5.01. The highest BCUT2D eigenvalue weighted by Crippen LogP contribution is 2.28. The first-order chi connectivity index (χ1) is 10.3. The van der Waals surface area contributed by atoms with E-state index in [0.717, 1.165) is 63.1 Å². The molecule has 0 saturated carbocycles. The maximum Gasteiger partial charge on any atom is 0.119 e. The molecule has 5 heteroatoms. The molecule has 2 fully saturated rings. The third-order valence-corrected chi connectivity index (χ3v) is 4.47. The molecule has 2 aliphatic rings. The van der Waals surface area contributed by atoms with Gasteiger partial charge in [-0.15, -0.1) is 0 Å². The van der Waals surface area contributed by atoms with Gasteiger partial charge in [0, 0.05) is 50.7 Å². The van der Waals surface area contributed by atoms with Crippen molar-refractivity contribution in [1.29, 1.82) is 0 Å². The zero-order valence-corrected chi connectivity index (χ0v) is 13.0. The molecule has 1 aromatic rings. The van der Waals surface area contributed by atoms with Gasteiger partial charge in [-0.05, 0) is 24.3 Å². The molecule has 2 saturated heterocycles. The van der Waals surface area contributed by atoms with Crippen LogP contribution in [0.4, 0.5) is 0 Å². The second-order valence-electron chi connectivity index (χ2n) is 5.72. The topological polar surface area (TPSA) is 30.9 Å². The van der Waals surface area contributed by atoms with Crippen LogP contribution >= 0.6 is 11.6 Å². The lowest BCUT2D eigenvalue weighted by atomic mass is 9.92. The Bertz CT molecular complexity index is 440. The summed E-state index contributed by atoms with van der Waals surface area (Å²) in [4.78, 5) is 2.44. The molecule has 116 valence electrons. The first kappa shape index (κ1) is 15.1. The van der Waals surface area contributed by atoms with E-state index in [1.807, 2.05) is 24.3 Å². The Hall–Kier alpha value is -0.810. The molecular weight excluding hydrogens is 290 g/mol. The summed E-state index contributed by atoms with van der Waals surface area (Å²) in [5, 5.41) is 0.733. The summed E-state index contributed by atoms with van der Waals surface area (Å²) in [5.41, 5.74) is 0.0107. The van der Waals surface area contributed by atoms with Crippen LogP contribution in [-0.4, -0.2) is 56.6 Å². The number of morpholine rings is 1. The fourth-order valence-electron chi connectivity index (χ4n) is 2.98. The van der Waals surface area contributed by atoms with Crippen molar-refractivity contribution in [3.63, 3.8) is 0 Å². The minimum atomic E-state index is 0.0107. The molecule has 2 heterocycles. The lowest BCUT2D eigenvalue weighted by molar-refractivity contribution is -0.154. The summed E-state index contributed by atoms with van der Waals surface area (Å²) in [6.07, 6.45) is 2.00. The van der Waals surface area contributed by atoms with Crippen LogP contribution in [0.1, 0.15) is 12.8 Å². The average molecular weight is 312 g/mol. The first-order valence-corrected chi connectivity index (χ1v) is 7.96. The van der Waals surface area contributed by atoms with Crippen molar-refractivity contribution >= 4 is 11.6 Å². The Balaban J connectivity index is 1.45. The van der Waals surface area contributed by atoms with E-state index in [2.05, 4.69) is 4.90 Å². The Morgan fingerprint density at radius 3 is 2.67 bits per heavy atom. The number of benzene rings is 1. The van der Waals surface area contributed by atoms with Gasteiger partial charge in [-0.3, -0.25) is 4.90 Å². The second-order valence-corrected chi connectivity index (χ2v) is 6.16. The fraction of sp³-hybridized carbons (Fsp3) is 0.625. The predicted octanol–water partition coefficient (Wildman–Crippen LogP) is 2.60. The molecule has 0 bridgehead atoms. The van der Waals surface area contributed by atoms with E-state index >= 15 is 0 Å². The van der Waals surface area contributed by atoms with E-state index in [1.165, 1.54) is 0 Å². The van der Waals surface area contributed by atoms with Crippen LogP contribution in [0.5, 0.6) is 5.75 Å². The molecule has 0 atom stereocenters. The average Bonchev–Trinajstić information content (AvgIpc) is 2.50. The quantitative estimate of drug-likeness (QED) is 0.855. The van der Waals surface area contributed by atoms with Crippen molar-refractivity contribution in [2.24, 2.45) is 0 Å². The molecule has 0 aromatic heterocycles. The maximum atomic E-state index is 6.04. The van der Waals surface area contributed by atoms with E-state index < -0.39 is 0 Å². The van der Waals surface area contributed by atoms with Crippen LogP contribution < -0.4 is 4.74 Å². The smallest absolute Gasteiger partial charge is 0.119 e. The highest BCUT2D eigenvalue weighted by atomic mass is 35.5. The summed E-state index contributed by atoms with van der Waals surface area (Å²) >= 11 is 5.86. The highest BCUT2D eigenvalue weighted by molar-refractivity contribution is 6.30. The molecule has 4 nitrogen and oxygen atoms in total. The minimum Gasteiger partial charge on any atom is -0.492 e. The normalized spacial score (nSPS) is 22.3. The number of ether oxygens (including phenoxy) is 3. The van der Waals surface area contributed by atoms with Crippen molar-refractivity contribution in [1.82, 2.24) is 4.90 Å². The van der Waals surface area contributed by atoms with Crippen LogP contribution in [-0.2, 0) is 9.47 Å². The summed E-state index contributed by atoms with van der Waals surface area (Å²) in [5.74, 6) is 0.869. The van der Waals surface area contributed by atoms with Gasteiger partial charge in [-0.1, -0.05) is 11.6 Å². The standard InChI is InChI=1S/C16H22ClNO3/c17-14-1-3-15(4-2-14)20-11-7-18-8-12-21-16(13-18)5-9-19-10-6-16/h1-4H,5-13H2. The number of hydrogen-bond donors (Lipinski definition) is 0. The van der Waals surface area contributed by atoms with Crippen LogP contribution in [0, 0.1) is 0 Å². The molecule has 3 rings (SSSR count). The number of halogens is 1. The third-order valence-electron chi connectivity index (χ3n) is 4.22. The van der Waals surface area contributed by atoms with Gasteiger partial charge in [-0.2, -0.15) is 0 Å². The van der Waals surface area contributed by atoms with Crippen LogP contribution in [0.25, 0.3) is 0 Å². The maximum absolute atomic E-state index is 6.04. The second kappa shape index (κ2) is 6.97. The molecule has 0 aliphatic carbocycles. The van der Waals surface area contributed by atoms with Gasteiger partial charge in [0.05, 0.1) is 12.2 Å². The van der Waals surface area contributed by atoms with Gasteiger partial charge in [0.2, 0.25) is 0 Å². The van der Waals surface area contributed by atoms with Gasteiger partial charge in [0.25, 0.3) is 0 Å². The summed E-state index contributed by atoms with van der Waals surface area (Å²) in [6, 6.07) is 7.51. The van der Waals surface area contributed by atoms with Gasteiger partial charge in [0.1, 0.15) is 12.4 Å². The van der Waals surface area contributed by atoms with E-state index in [1.54, 1.807) is 0 Å². The molecule has 0 N–H and O–H groups in total. The molecule has 1 spiro atoms. The van der Waals surface area contributed by atoms with Gasteiger partial charge < -0.3 is 14.2 Å². The summed E-state index contributed by atoms with van der Waals surface area (Å²) < 4.78 is 17.3. The minimum absolute atomic E-state index is 0.0107. The number of nitrogens with zero attached hydrogens (tertiary/aromatic N) is 1. The zero-order chi connectivity index (χ0) is 14.5. The molecule has 21 heavy (non-hydrogen) atoms. The lowest BCUT2D eigenvalue weighted by Gasteiger charge is -2.44. The van der Waals surface area contributed by atoms with E-state index in [-0.39, 0.29) is 5.60 Å². The van der Waals surface area contributed by atoms with Crippen molar-refractivity contribution < 1.29 is 14.2 Å². The lowest BCUT2D eigenvalue weighted by Crippen LogP contribution is -2.55. The summed E-state index contributed by atoms with van der Waals surface area (Å²) in [7, 11) is 0. The summed E-state index contributed by atoms with van der Waals surface area (Å²) in [6.45, 7) is 6.01. The number of rotatable bonds is 4. The fourth-order valence-corrected chi connectivity index (χ4v) is 3.11. The van der Waals surface area contributed by atoms with Crippen LogP contribution in [0.2, 0.25) is 5.02 Å². The Morgan fingerprint density at radius 1 is 1.14 bits per heavy atom. The monoisotopic (exact) mass is 311 g/mol. The van der Waals surface area contributed by atoms with Crippen molar-refractivity contribution in [2.45, 2.75) is 18.4 Å². The largest absolute Gasteiger partial charge is 0.492 e. The van der Waals surface area contributed by atoms with E-state index in [0.29, 0.717) is 6.61 Å². The van der Waals surface area contributed by atoms with Crippen LogP contribution in [0.3, 0.4) is 0 Å². The highest BCUT2D eigenvalue weighted by Gasteiger charge is 2.38. The first-order valence-electron chi connectivity index (χ1n) is 7.58. The third kappa shape index (κ3) is 4.10. The molecular formula is C16H22ClNO3. The molecule has 2 aliphatic heterocycles. The SMILES string of the molecule is Clc1ccc(OCCN2CCOC3(CCOCC3)C2)cc1. The number of hydrogen-bond acceptors (Lipinski definition) is 4. The predicted molar refractivity (Wildman–Crippen MR) is 82.1 cm³/mol. The zero-order valence-electron chi connectivity index (χ0n) is 12.2. The van der Waals surface area contributed by atoms with Crippen LogP contribution in [0.15, 0.2) is 24.3 Å². The Morgan fingerprint density at radius 2 is 1.90 bits per heavy atom. The van der Waals surface area contributed by atoms with Gasteiger partial charge >= 0.3 is 0 Å². The van der Waals surface area contributed by atoms with E-state index in [4.69, 9.17) is 25.8 Å². The van der Waals surface area contributed by atoms with E-state index in [9.17, 15) is 0 Å². The Labute approximate surface area is 130 Å². The van der Waals surface area contributed by atoms with Gasteiger partial charge in [-0.25, -0.2) is 0 Å². The van der Waals surface area contributed by atoms with Crippen molar-refractivity contribution in [3.8, 4) is 5.75 Å². The molecule has 0 radical (unpaired) electrons.